The number of fused-ring (bicyclic) bond motifs is 25. The van der Waals surface area contributed by atoms with Crippen molar-refractivity contribution >= 4 is 222 Å². The summed E-state index contributed by atoms with van der Waals surface area (Å²) in [5.41, 5.74) is 24.4. The summed E-state index contributed by atoms with van der Waals surface area (Å²) < 4.78 is 35.7. The zero-order valence-electron chi connectivity index (χ0n) is 62.0. The third kappa shape index (κ3) is 13.3. The van der Waals surface area contributed by atoms with Crippen molar-refractivity contribution in [3.05, 3.63) is 391 Å². The van der Waals surface area contributed by atoms with Crippen molar-refractivity contribution in [2.45, 2.75) is 19.3 Å². The first-order valence-corrected chi connectivity index (χ1v) is 42.0. The lowest BCUT2D eigenvalue weighted by Gasteiger charge is -2.22. The van der Waals surface area contributed by atoms with Crippen molar-refractivity contribution < 1.29 is 22.1 Å². The fourth-order valence-corrected chi connectivity index (χ4v) is 18.2. The Morgan fingerprint density at radius 3 is 1.16 bits per heavy atom. The highest BCUT2D eigenvalue weighted by molar-refractivity contribution is 9.11. The standard InChI is InChI=1S/C27H19BrO.C26H15BrO.C22H13BrO.C18H11BrO.C12H7BrO/c1-27(2)23-14-17(7-10-19(23)20-11-9-18(28)15-24(20)27)16-8-12-26-22(13-16)21-5-3-4-6-25(21)29-26;27-18-12-9-16(10-13-18)17-11-14-24-23(15-17)25-21-7-3-1-5-19(21)20-6-2-4-8-22(20)26(25)28-24;23-17-9-5-14(6-10-17)16-8-11-20-19(13-16)22-18-4-2-1-3-15(18)7-12-21(22)24-20;19-13-10-8-12(9-11-13)14-5-3-6-16-15-4-1-2-7-17(15)20-18(14)16;13-8-5-6-12-10(7-8)9-3-1-2-4-11(9)14-12/h3-15H,1-2H3;1-15H;1-13H;1-11H;1-7H. The maximum Gasteiger partial charge on any atom is 0.143 e. The van der Waals surface area contributed by atoms with Gasteiger partial charge in [-0.1, -0.05) is 318 Å². The lowest BCUT2D eigenvalue weighted by molar-refractivity contribution is 0.660. The molecule has 0 amide bonds. The zero-order chi connectivity index (χ0) is 77.6. The van der Waals surface area contributed by atoms with Crippen LogP contribution in [0.3, 0.4) is 0 Å². The predicted molar refractivity (Wildman–Crippen MR) is 499 cm³/mol. The minimum atomic E-state index is -0.0170. The molecule has 23 aromatic rings. The van der Waals surface area contributed by atoms with Gasteiger partial charge in [-0.3, -0.25) is 0 Å². The number of halogens is 5. The first-order valence-electron chi connectivity index (χ1n) is 38.0. The number of para-hydroxylation sites is 4. The molecule has 10 heteroatoms. The van der Waals surface area contributed by atoms with Crippen molar-refractivity contribution in [2.24, 2.45) is 0 Å². The minimum absolute atomic E-state index is 0.0170. The van der Waals surface area contributed by atoms with E-state index < -0.39 is 0 Å². The molecular weight excluding hydrogens is 1740 g/mol. The van der Waals surface area contributed by atoms with Crippen molar-refractivity contribution in [3.63, 3.8) is 0 Å². The van der Waals surface area contributed by atoms with Gasteiger partial charge in [0.2, 0.25) is 0 Å². The lowest BCUT2D eigenvalue weighted by atomic mass is 9.81. The number of rotatable bonds is 4. The van der Waals surface area contributed by atoms with Gasteiger partial charge in [-0.25, -0.2) is 0 Å². The quantitative estimate of drug-likeness (QED) is 0.164. The van der Waals surface area contributed by atoms with Gasteiger partial charge < -0.3 is 22.1 Å². The molecule has 1 aliphatic rings. The van der Waals surface area contributed by atoms with E-state index in [4.69, 9.17) is 22.1 Å². The second kappa shape index (κ2) is 29.8. The van der Waals surface area contributed by atoms with E-state index in [-0.39, 0.29) is 5.41 Å². The largest absolute Gasteiger partial charge is 0.456 e. The Bertz CT molecular complexity index is 7750. The summed E-state index contributed by atoms with van der Waals surface area (Å²) in [6, 6.07) is 125. The van der Waals surface area contributed by atoms with Crippen LogP contribution >= 0.6 is 79.6 Å². The van der Waals surface area contributed by atoms with Gasteiger partial charge in [0.15, 0.2) is 0 Å². The van der Waals surface area contributed by atoms with E-state index in [9.17, 15) is 0 Å². The Balaban J connectivity index is 0.0000000946. The highest BCUT2D eigenvalue weighted by Gasteiger charge is 2.36. The summed E-state index contributed by atoms with van der Waals surface area (Å²) in [5.74, 6) is 0. The van der Waals surface area contributed by atoms with Crippen LogP contribution in [0.5, 0.6) is 0 Å². The maximum atomic E-state index is 6.38. The summed E-state index contributed by atoms with van der Waals surface area (Å²) in [6.07, 6.45) is 0. The molecule has 115 heavy (non-hydrogen) atoms. The molecule has 5 heterocycles. The molecule has 0 unspecified atom stereocenters. The molecule has 0 N–H and O–H groups in total. The van der Waals surface area contributed by atoms with Crippen LogP contribution in [0.15, 0.2) is 402 Å². The Labute approximate surface area is 703 Å². The van der Waals surface area contributed by atoms with Crippen LogP contribution in [0.1, 0.15) is 25.0 Å². The van der Waals surface area contributed by atoms with Gasteiger partial charge in [0, 0.05) is 92.6 Å². The van der Waals surface area contributed by atoms with E-state index in [0.29, 0.717) is 0 Å². The first-order chi connectivity index (χ1) is 56.3. The molecule has 0 atom stereocenters. The Morgan fingerprint density at radius 2 is 0.539 bits per heavy atom. The van der Waals surface area contributed by atoms with Crippen molar-refractivity contribution in [2.75, 3.05) is 0 Å². The molecule has 0 saturated carbocycles. The average Bonchev–Trinajstić information content (AvgIpc) is 1.59. The molecule has 0 radical (unpaired) electrons. The molecule has 5 nitrogen and oxygen atoms in total. The van der Waals surface area contributed by atoms with Gasteiger partial charge in [-0.15, -0.1) is 0 Å². The molecule has 0 bridgehead atoms. The van der Waals surface area contributed by atoms with Gasteiger partial charge in [-0.2, -0.15) is 0 Å². The van der Waals surface area contributed by atoms with E-state index in [1.54, 1.807) is 0 Å². The van der Waals surface area contributed by atoms with E-state index in [1.165, 1.54) is 126 Å². The lowest BCUT2D eigenvalue weighted by Crippen LogP contribution is -2.15. The van der Waals surface area contributed by atoms with Gasteiger partial charge in [0.05, 0.1) is 0 Å². The van der Waals surface area contributed by atoms with Gasteiger partial charge >= 0.3 is 0 Å². The summed E-state index contributed by atoms with van der Waals surface area (Å²) in [4.78, 5) is 0. The van der Waals surface area contributed by atoms with Crippen LogP contribution in [0.25, 0.3) is 198 Å². The van der Waals surface area contributed by atoms with Gasteiger partial charge in [-0.05, 0) is 222 Å². The third-order valence-electron chi connectivity index (χ3n) is 22.3. The van der Waals surface area contributed by atoms with Crippen LogP contribution in [0.4, 0.5) is 0 Å². The molecule has 550 valence electrons. The molecule has 0 aliphatic heterocycles. The van der Waals surface area contributed by atoms with Crippen molar-refractivity contribution in [1.82, 2.24) is 0 Å². The molecule has 1 aliphatic carbocycles. The highest BCUT2D eigenvalue weighted by atomic mass is 79.9. The molecule has 24 rings (SSSR count). The Hall–Kier alpha value is -11.9. The number of hydrogen-bond donors (Lipinski definition) is 0. The van der Waals surface area contributed by atoms with Gasteiger partial charge in [0.25, 0.3) is 0 Å². The second-order valence-electron chi connectivity index (χ2n) is 29.5. The molecule has 0 fully saturated rings. The summed E-state index contributed by atoms with van der Waals surface area (Å²) in [7, 11) is 0. The summed E-state index contributed by atoms with van der Waals surface area (Å²) in [6.45, 7) is 4.64. The zero-order valence-corrected chi connectivity index (χ0v) is 69.9. The van der Waals surface area contributed by atoms with E-state index in [0.717, 1.165) is 105 Å². The maximum absolute atomic E-state index is 6.38. The molecule has 0 spiro atoms. The van der Waals surface area contributed by atoms with Crippen molar-refractivity contribution in [1.29, 1.82) is 0 Å². The topological polar surface area (TPSA) is 65.7 Å². The average molecular weight is 1810 g/mol. The van der Waals surface area contributed by atoms with E-state index >= 15 is 0 Å². The van der Waals surface area contributed by atoms with Crippen LogP contribution in [-0.4, -0.2) is 0 Å². The summed E-state index contributed by atoms with van der Waals surface area (Å²) in [5, 5.41) is 19.1. The smallest absolute Gasteiger partial charge is 0.143 e. The Morgan fingerprint density at radius 1 is 0.191 bits per heavy atom. The first kappa shape index (κ1) is 72.1. The fourth-order valence-electron chi connectivity index (χ4n) is 16.7. The highest BCUT2D eigenvalue weighted by Crippen LogP contribution is 2.51. The SMILES string of the molecule is Brc1ccc(-c2ccc3oc4c5ccccc5c5ccccc5c4c3c2)cc1.Brc1ccc(-c2ccc3oc4ccc5ccccc5c4c3c2)cc1.Brc1ccc(-c2cccc3c2oc2ccccc23)cc1.Brc1ccc2oc3ccccc3c2c1.CC1(C)c2cc(Br)ccc2-c2ccc(-c3ccc4oc5ccccc5c4c3)cc21. The van der Waals surface area contributed by atoms with E-state index in [2.05, 4.69) is 391 Å². The van der Waals surface area contributed by atoms with Gasteiger partial charge in [0.1, 0.15) is 55.8 Å². The van der Waals surface area contributed by atoms with Crippen LogP contribution in [0.2, 0.25) is 0 Å². The Kier molecular flexibility index (Phi) is 18.7. The predicted octanol–water partition coefficient (Wildman–Crippen LogP) is 34.2. The molecule has 5 aromatic heterocycles. The fraction of sp³-hybridized carbons (Fsp3) is 0.0286. The van der Waals surface area contributed by atoms with E-state index in [1.807, 2.05) is 60.7 Å². The summed E-state index contributed by atoms with van der Waals surface area (Å²) >= 11 is 17.6. The number of furan rings is 5. The monoisotopic (exact) mass is 1800 g/mol. The van der Waals surface area contributed by atoms with Crippen LogP contribution in [0, 0.1) is 0 Å². The van der Waals surface area contributed by atoms with Crippen LogP contribution in [-0.2, 0) is 5.41 Å². The molecule has 0 saturated heterocycles. The molecule has 18 aromatic carbocycles. The minimum Gasteiger partial charge on any atom is -0.456 e. The van der Waals surface area contributed by atoms with Crippen molar-refractivity contribution in [3.8, 4) is 55.6 Å². The normalized spacial score (nSPS) is 12.2. The second-order valence-corrected chi connectivity index (χ2v) is 34.1. The molecular formula is C105H65Br5O5. The van der Waals surface area contributed by atoms with Crippen LogP contribution < -0.4 is 0 Å². The number of hydrogen-bond acceptors (Lipinski definition) is 5. The number of benzene rings is 18. The third-order valence-corrected chi connectivity index (χ3v) is 24.9.